The third kappa shape index (κ3) is 1.17. The summed E-state index contributed by atoms with van der Waals surface area (Å²) in [5, 5.41) is 2.04. The van der Waals surface area contributed by atoms with E-state index in [1.807, 2.05) is 11.4 Å². The molecule has 0 amide bonds. The van der Waals surface area contributed by atoms with Crippen LogP contribution in [-0.4, -0.2) is 6.72 Å². The van der Waals surface area contributed by atoms with Crippen LogP contribution in [0.4, 0.5) is 0 Å². The lowest BCUT2D eigenvalue weighted by molar-refractivity contribution is 1.12. The lowest BCUT2D eigenvalue weighted by Crippen LogP contribution is -1.67. The van der Waals surface area contributed by atoms with Crippen molar-refractivity contribution >= 4 is 18.1 Å². The Balaban J connectivity index is 2.62. The Morgan fingerprint density at radius 2 is 2.62 bits per heavy atom. The average Bonchev–Trinajstić information content (AvgIpc) is 2.19. The molecule has 0 saturated carbocycles. The number of thiophene rings is 1. The molecule has 1 aromatic rings. The van der Waals surface area contributed by atoms with Gasteiger partial charge in [-0.2, -0.15) is 0 Å². The molecule has 1 rings (SSSR count). The zero-order valence-electron chi connectivity index (χ0n) is 4.50. The zero-order valence-corrected chi connectivity index (χ0v) is 5.32. The Labute approximate surface area is 52.7 Å². The third-order valence-electron chi connectivity index (χ3n) is 0.848. The van der Waals surface area contributed by atoms with Gasteiger partial charge in [0.1, 0.15) is 0 Å². The Morgan fingerprint density at radius 1 is 1.75 bits per heavy atom. The first kappa shape index (κ1) is 5.51. The van der Waals surface area contributed by atoms with Gasteiger partial charge in [0.2, 0.25) is 0 Å². The first-order valence-corrected chi connectivity index (χ1v) is 3.26. The molecule has 0 N–H and O–H groups in total. The Hall–Kier alpha value is -0.630. The number of hydrogen-bond acceptors (Lipinski definition) is 2. The van der Waals surface area contributed by atoms with Crippen molar-refractivity contribution in [3.63, 3.8) is 0 Å². The largest absolute Gasteiger partial charge is 0.295 e. The summed E-state index contributed by atoms with van der Waals surface area (Å²) in [6.07, 6.45) is 0. The van der Waals surface area contributed by atoms with Crippen molar-refractivity contribution in [2.45, 2.75) is 6.54 Å². The first-order chi connectivity index (χ1) is 3.93. The minimum absolute atomic E-state index is 0.762. The predicted molar refractivity (Wildman–Crippen MR) is 37.6 cm³/mol. The fourth-order valence-electron chi connectivity index (χ4n) is 0.513. The minimum atomic E-state index is 0.762. The van der Waals surface area contributed by atoms with Crippen LogP contribution in [0.3, 0.4) is 0 Å². The molecular weight excluding hydrogens is 118 g/mol. The monoisotopic (exact) mass is 125 g/mol. The van der Waals surface area contributed by atoms with Gasteiger partial charge in [0.05, 0.1) is 6.54 Å². The summed E-state index contributed by atoms with van der Waals surface area (Å²) in [4.78, 5) is 5.02. The van der Waals surface area contributed by atoms with E-state index in [2.05, 4.69) is 17.8 Å². The molecule has 0 fully saturated rings. The number of hydrogen-bond donors (Lipinski definition) is 0. The lowest BCUT2D eigenvalue weighted by Gasteiger charge is -1.81. The quantitative estimate of drug-likeness (QED) is 0.536. The number of aliphatic imine (C=N–C) groups is 1. The van der Waals surface area contributed by atoms with Crippen LogP contribution in [-0.2, 0) is 6.54 Å². The van der Waals surface area contributed by atoms with Gasteiger partial charge in [0.15, 0.2) is 0 Å². The van der Waals surface area contributed by atoms with E-state index in [9.17, 15) is 0 Å². The standard InChI is InChI=1S/C6H7NS/c1-7-5-6-3-2-4-8-6/h2-4H,1,5H2. The summed E-state index contributed by atoms with van der Waals surface area (Å²) in [6, 6.07) is 4.07. The van der Waals surface area contributed by atoms with E-state index in [1.165, 1.54) is 4.88 Å². The van der Waals surface area contributed by atoms with Crippen molar-refractivity contribution in [1.29, 1.82) is 0 Å². The molecule has 0 aliphatic carbocycles. The van der Waals surface area contributed by atoms with Gasteiger partial charge < -0.3 is 0 Å². The van der Waals surface area contributed by atoms with Gasteiger partial charge >= 0.3 is 0 Å². The molecule has 0 radical (unpaired) electrons. The second-order valence-corrected chi connectivity index (χ2v) is 2.49. The van der Waals surface area contributed by atoms with Crippen molar-refractivity contribution in [3.05, 3.63) is 22.4 Å². The molecule has 0 aliphatic heterocycles. The van der Waals surface area contributed by atoms with Crippen LogP contribution in [0.15, 0.2) is 22.5 Å². The number of nitrogens with zero attached hydrogens (tertiary/aromatic N) is 1. The molecule has 0 aliphatic rings. The van der Waals surface area contributed by atoms with Crippen LogP contribution < -0.4 is 0 Å². The van der Waals surface area contributed by atoms with E-state index in [0.29, 0.717) is 0 Å². The van der Waals surface area contributed by atoms with E-state index < -0.39 is 0 Å². The van der Waals surface area contributed by atoms with Crippen molar-refractivity contribution in [2.75, 3.05) is 0 Å². The van der Waals surface area contributed by atoms with Crippen LogP contribution in [0, 0.1) is 0 Å². The van der Waals surface area contributed by atoms with Gasteiger partial charge in [-0.3, -0.25) is 4.99 Å². The topological polar surface area (TPSA) is 12.4 Å². The van der Waals surface area contributed by atoms with Gasteiger partial charge in [-0.1, -0.05) is 6.07 Å². The summed E-state index contributed by atoms with van der Waals surface area (Å²) in [5.41, 5.74) is 0. The Kier molecular flexibility index (Phi) is 1.80. The molecule has 1 nitrogen and oxygen atoms in total. The molecule has 1 heterocycles. The van der Waals surface area contributed by atoms with E-state index in [0.717, 1.165) is 6.54 Å². The molecule has 2 heteroatoms. The van der Waals surface area contributed by atoms with Crippen LogP contribution in [0.2, 0.25) is 0 Å². The van der Waals surface area contributed by atoms with E-state index in [1.54, 1.807) is 11.3 Å². The third-order valence-corrected chi connectivity index (χ3v) is 1.71. The highest BCUT2D eigenvalue weighted by atomic mass is 32.1. The van der Waals surface area contributed by atoms with Crippen LogP contribution in [0.25, 0.3) is 0 Å². The summed E-state index contributed by atoms with van der Waals surface area (Å²) in [7, 11) is 0. The highest BCUT2D eigenvalue weighted by Gasteiger charge is 1.85. The van der Waals surface area contributed by atoms with Crippen molar-refractivity contribution in [3.8, 4) is 0 Å². The fraction of sp³-hybridized carbons (Fsp3) is 0.167. The molecule has 0 unspecified atom stereocenters. The maximum atomic E-state index is 3.74. The summed E-state index contributed by atoms with van der Waals surface area (Å²) in [6.45, 7) is 4.15. The normalized spacial score (nSPS) is 9.00. The molecule has 0 saturated heterocycles. The number of rotatable bonds is 2. The van der Waals surface area contributed by atoms with Crippen LogP contribution in [0.5, 0.6) is 0 Å². The average molecular weight is 125 g/mol. The maximum absolute atomic E-state index is 3.74. The SMILES string of the molecule is C=NCc1cccs1. The second kappa shape index (κ2) is 2.62. The molecule has 0 spiro atoms. The molecule has 0 bridgehead atoms. The summed E-state index contributed by atoms with van der Waals surface area (Å²) in [5.74, 6) is 0. The zero-order chi connectivity index (χ0) is 5.82. The van der Waals surface area contributed by atoms with Crippen LogP contribution in [0.1, 0.15) is 4.88 Å². The maximum Gasteiger partial charge on any atom is 0.0725 e. The van der Waals surface area contributed by atoms with Gasteiger partial charge in [-0.15, -0.1) is 11.3 Å². The summed E-state index contributed by atoms with van der Waals surface area (Å²) < 4.78 is 0. The smallest absolute Gasteiger partial charge is 0.0725 e. The molecule has 1 aromatic heterocycles. The van der Waals surface area contributed by atoms with Crippen molar-refractivity contribution < 1.29 is 0 Å². The molecule has 0 aromatic carbocycles. The molecule has 0 atom stereocenters. The fourth-order valence-corrected chi connectivity index (χ4v) is 1.17. The Bertz CT molecular complexity index is 155. The van der Waals surface area contributed by atoms with Gasteiger partial charge in [0, 0.05) is 4.88 Å². The second-order valence-electron chi connectivity index (χ2n) is 1.46. The first-order valence-electron chi connectivity index (χ1n) is 2.38. The minimum Gasteiger partial charge on any atom is -0.295 e. The predicted octanol–water partition coefficient (Wildman–Crippen LogP) is 1.95. The van der Waals surface area contributed by atoms with Gasteiger partial charge in [0.25, 0.3) is 0 Å². The summed E-state index contributed by atoms with van der Waals surface area (Å²) >= 11 is 1.71. The van der Waals surface area contributed by atoms with E-state index in [4.69, 9.17) is 0 Å². The van der Waals surface area contributed by atoms with E-state index >= 15 is 0 Å². The van der Waals surface area contributed by atoms with Gasteiger partial charge in [-0.25, -0.2) is 0 Å². The Morgan fingerprint density at radius 3 is 3.12 bits per heavy atom. The molecule has 8 heavy (non-hydrogen) atoms. The van der Waals surface area contributed by atoms with Crippen LogP contribution >= 0.6 is 11.3 Å². The van der Waals surface area contributed by atoms with E-state index in [-0.39, 0.29) is 0 Å². The molecular formula is C6H7NS. The highest BCUT2D eigenvalue weighted by Crippen LogP contribution is 2.08. The highest BCUT2D eigenvalue weighted by molar-refractivity contribution is 7.09. The van der Waals surface area contributed by atoms with Crippen molar-refractivity contribution in [2.24, 2.45) is 4.99 Å². The lowest BCUT2D eigenvalue weighted by atomic mass is 10.5. The van der Waals surface area contributed by atoms with Gasteiger partial charge in [-0.05, 0) is 18.2 Å². The molecule has 42 valence electrons. The van der Waals surface area contributed by atoms with Crippen molar-refractivity contribution in [1.82, 2.24) is 0 Å².